The number of thiophene rings is 1. The van der Waals surface area contributed by atoms with E-state index in [0.29, 0.717) is 18.0 Å². The Morgan fingerprint density at radius 3 is 3.00 bits per heavy atom. The van der Waals surface area contributed by atoms with Gasteiger partial charge in [0.25, 0.3) is 5.91 Å². The minimum atomic E-state index is -0.226. The Balaban J connectivity index is 1.43. The SMILES string of the molecule is O=C(NCc1ccnc(-c2ccco2)c1)c1cc(-c2cccs2)[nH]n1. The number of amides is 1. The maximum absolute atomic E-state index is 12.3. The average molecular weight is 350 g/mol. The first kappa shape index (κ1) is 15.3. The summed E-state index contributed by atoms with van der Waals surface area (Å²) >= 11 is 1.59. The maximum atomic E-state index is 12.3. The van der Waals surface area contributed by atoms with Crippen molar-refractivity contribution in [3.8, 4) is 22.0 Å². The molecular weight excluding hydrogens is 336 g/mol. The van der Waals surface area contributed by atoms with E-state index in [0.717, 1.165) is 21.8 Å². The van der Waals surface area contributed by atoms with Gasteiger partial charge >= 0.3 is 0 Å². The normalized spacial score (nSPS) is 10.7. The van der Waals surface area contributed by atoms with E-state index < -0.39 is 0 Å². The van der Waals surface area contributed by atoms with Crippen molar-refractivity contribution < 1.29 is 9.21 Å². The van der Waals surface area contributed by atoms with Gasteiger partial charge < -0.3 is 9.73 Å². The van der Waals surface area contributed by atoms with E-state index in [9.17, 15) is 4.79 Å². The summed E-state index contributed by atoms with van der Waals surface area (Å²) in [5.41, 5.74) is 2.87. The molecule has 0 saturated heterocycles. The lowest BCUT2D eigenvalue weighted by atomic mass is 10.2. The van der Waals surface area contributed by atoms with E-state index in [-0.39, 0.29) is 5.91 Å². The van der Waals surface area contributed by atoms with Crippen molar-refractivity contribution in [2.45, 2.75) is 6.54 Å². The van der Waals surface area contributed by atoms with Crippen LogP contribution in [0.3, 0.4) is 0 Å². The summed E-state index contributed by atoms with van der Waals surface area (Å²) < 4.78 is 5.34. The van der Waals surface area contributed by atoms with E-state index in [1.807, 2.05) is 41.8 Å². The first-order valence-corrected chi connectivity index (χ1v) is 8.54. The number of aromatic amines is 1. The first-order chi connectivity index (χ1) is 12.3. The Morgan fingerprint density at radius 2 is 2.20 bits per heavy atom. The van der Waals surface area contributed by atoms with Crippen molar-refractivity contribution in [2.75, 3.05) is 0 Å². The largest absolute Gasteiger partial charge is 0.463 e. The molecule has 0 saturated carbocycles. The zero-order valence-corrected chi connectivity index (χ0v) is 13.9. The third-order valence-corrected chi connectivity index (χ3v) is 4.55. The van der Waals surface area contributed by atoms with Crippen LogP contribution in [0.4, 0.5) is 0 Å². The van der Waals surface area contributed by atoms with Gasteiger partial charge in [0, 0.05) is 12.7 Å². The number of carbonyl (C=O) groups excluding carboxylic acids is 1. The molecule has 0 radical (unpaired) electrons. The summed E-state index contributed by atoms with van der Waals surface area (Å²) in [4.78, 5) is 17.6. The van der Waals surface area contributed by atoms with E-state index in [4.69, 9.17) is 4.42 Å². The summed E-state index contributed by atoms with van der Waals surface area (Å²) in [6.45, 7) is 0.385. The molecule has 0 aromatic carbocycles. The molecule has 25 heavy (non-hydrogen) atoms. The van der Waals surface area contributed by atoms with Crippen molar-refractivity contribution >= 4 is 17.2 Å². The molecular formula is C18H14N4O2S. The lowest BCUT2D eigenvalue weighted by molar-refractivity contribution is 0.0946. The fourth-order valence-corrected chi connectivity index (χ4v) is 3.10. The number of pyridine rings is 1. The zero-order chi connectivity index (χ0) is 17.1. The summed E-state index contributed by atoms with van der Waals surface area (Å²) in [6.07, 6.45) is 3.30. The van der Waals surface area contributed by atoms with Crippen LogP contribution in [0.5, 0.6) is 0 Å². The Morgan fingerprint density at radius 1 is 1.24 bits per heavy atom. The van der Waals surface area contributed by atoms with Gasteiger partial charge in [-0.3, -0.25) is 14.9 Å². The molecule has 0 fully saturated rings. The quantitative estimate of drug-likeness (QED) is 0.574. The van der Waals surface area contributed by atoms with Gasteiger partial charge in [0.05, 0.1) is 16.8 Å². The molecule has 6 nitrogen and oxygen atoms in total. The van der Waals surface area contributed by atoms with Crippen molar-refractivity contribution in [3.63, 3.8) is 0 Å². The lowest BCUT2D eigenvalue weighted by Crippen LogP contribution is -2.23. The van der Waals surface area contributed by atoms with Crippen LogP contribution in [0.2, 0.25) is 0 Å². The molecule has 0 bridgehead atoms. The van der Waals surface area contributed by atoms with Gasteiger partial charge in [-0.25, -0.2) is 0 Å². The van der Waals surface area contributed by atoms with Gasteiger partial charge in [-0.2, -0.15) is 5.10 Å². The highest BCUT2D eigenvalue weighted by Gasteiger charge is 2.12. The van der Waals surface area contributed by atoms with Crippen LogP contribution >= 0.6 is 11.3 Å². The van der Waals surface area contributed by atoms with Crippen LogP contribution in [-0.4, -0.2) is 21.1 Å². The third kappa shape index (κ3) is 3.36. The van der Waals surface area contributed by atoms with Gasteiger partial charge in [-0.15, -0.1) is 11.3 Å². The van der Waals surface area contributed by atoms with Gasteiger partial charge in [-0.1, -0.05) is 6.07 Å². The van der Waals surface area contributed by atoms with Crippen LogP contribution in [0.1, 0.15) is 16.1 Å². The average Bonchev–Trinajstić information content (AvgIpc) is 3.41. The molecule has 124 valence electrons. The molecule has 1 amide bonds. The summed E-state index contributed by atoms with van der Waals surface area (Å²) in [5.74, 6) is 0.469. The summed E-state index contributed by atoms with van der Waals surface area (Å²) in [5, 5.41) is 11.8. The topological polar surface area (TPSA) is 83.8 Å². The minimum absolute atomic E-state index is 0.226. The maximum Gasteiger partial charge on any atom is 0.272 e. The molecule has 2 N–H and O–H groups in total. The first-order valence-electron chi connectivity index (χ1n) is 7.66. The van der Waals surface area contributed by atoms with Gasteiger partial charge in [0.1, 0.15) is 5.69 Å². The van der Waals surface area contributed by atoms with Crippen LogP contribution in [-0.2, 0) is 6.54 Å². The highest BCUT2D eigenvalue weighted by molar-refractivity contribution is 7.13. The van der Waals surface area contributed by atoms with E-state index in [1.54, 1.807) is 29.9 Å². The second-order valence-electron chi connectivity index (χ2n) is 5.35. The van der Waals surface area contributed by atoms with E-state index >= 15 is 0 Å². The molecule has 0 unspecified atom stereocenters. The predicted octanol–water partition coefficient (Wildman–Crippen LogP) is 3.72. The predicted molar refractivity (Wildman–Crippen MR) is 95.0 cm³/mol. The molecule has 4 aromatic heterocycles. The highest BCUT2D eigenvalue weighted by atomic mass is 32.1. The monoisotopic (exact) mass is 350 g/mol. The zero-order valence-electron chi connectivity index (χ0n) is 13.1. The number of carbonyl (C=O) groups is 1. The smallest absolute Gasteiger partial charge is 0.272 e. The van der Waals surface area contributed by atoms with Crippen LogP contribution in [0, 0.1) is 0 Å². The molecule has 0 spiro atoms. The number of nitrogens with one attached hydrogen (secondary N) is 2. The third-order valence-electron chi connectivity index (χ3n) is 3.65. The number of nitrogens with zero attached hydrogens (tertiary/aromatic N) is 2. The van der Waals surface area contributed by atoms with Gasteiger partial charge in [0.15, 0.2) is 11.5 Å². The van der Waals surface area contributed by atoms with Crippen LogP contribution in [0.25, 0.3) is 22.0 Å². The van der Waals surface area contributed by atoms with Gasteiger partial charge in [-0.05, 0) is 47.3 Å². The number of furan rings is 1. The Bertz CT molecular complexity index is 974. The number of hydrogen-bond acceptors (Lipinski definition) is 5. The van der Waals surface area contributed by atoms with Crippen molar-refractivity contribution in [1.82, 2.24) is 20.5 Å². The van der Waals surface area contributed by atoms with Crippen molar-refractivity contribution in [1.29, 1.82) is 0 Å². The molecule has 0 atom stereocenters. The number of hydrogen-bond donors (Lipinski definition) is 2. The Hall–Kier alpha value is -3.19. The van der Waals surface area contributed by atoms with E-state index in [2.05, 4.69) is 20.5 Å². The van der Waals surface area contributed by atoms with Crippen LogP contribution < -0.4 is 5.32 Å². The fraction of sp³-hybridized carbons (Fsp3) is 0.0556. The molecule has 0 aliphatic rings. The molecule has 4 aromatic rings. The van der Waals surface area contributed by atoms with Crippen LogP contribution in [0.15, 0.2) is 64.7 Å². The number of H-pyrrole nitrogens is 1. The molecule has 4 heterocycles. The lowest BCUT2D eigenvalue weighted by Gasteiger charge is -2.04. The number of rotatable bonds is 5. The molecule has 0 aliphatic heterocycles. The second kappa shape index (κ2) is 6.74. The minimum Gasteiger partial charge on any atom is -0.463 e. The molecule has 7 heteroatoms. The number of aromatic nitrogens is 3. The summed E-state index contributed by atoms with van der Waals surface area (Å²) in [7, 11) is 0. The molecule has 4 rings (SSSR count). The van der Waals surface area contributed by atoms with Crippen molar-refractivity contribution in [2.24, 2.45) is 0 Å². The fourth-order valence-electron chi connectivity index (χ4n) is 2.41. The van der Waals surface area contributed by atoms with E-state index in [1.165, 1.54) is 0 Å². The van der Waals surface area contributed by atoms with Gasteiger partial charge in [0.2, 0.25) is 0 Å². The summed E-state index contributed by atoms with van der Waals surface area (Å²) in [6, 6.07) is 13.1. The highest BCUT2D eigenvalue weighted by Crippen LogP contribution is 2.23. The molecule has 0 aliphatic carbocycles. The second-order valence-corrected chi connectivity index (χ2v) is 6.30. The standard InChI is InChI=1S/C18H14N4O2S/c23-18(15-10-14(21-22-15)17-4-2-8-25-17)20-11-12-5-6-19-13(9-12)16-3-1-7-24-16/h1-10H,11H2,(H,20,23)(H,21,22). The Labute approximate surface area is 147 Å². The Kier molecular flexibility index (Phi) is 4.14. The van der Waals surface area contributed by atoms with Crippen molar-refractivity contribution in [3.05, 3.63) is 71.6 Å².